The summed E-state index contributed by atoms with van der Waals surface area (Å²) in [5.41, 5.74) is 9.42. The molecule has 90 valence electrons. The van der Waals surface area contributed by atoms with Crippen LogP contribution >= 0.6 is 0 Å². The summed E-state index contributed by atoms with van der Waals surface area (Å²) < 4.78 is 5.64. The lowest BCUT2D eigenvalue weighted by Crippen LogP contribution is -2.29. The van der Waals surface area contributed by atoms with Crippen LogP contribution in [0.25, 0.3) is 10.4 Å². The molecule has 0 heterocycles. The number of benzene rings is 1. The summed E-state index contributed by atoms with van der Waals surface area (Å²) >= 11 is 0. The van der Waals surface area contributed by atoms with Gasteiger partial charge < -0.3 is 9.84 Å². The Morgan fingerprint density at radius 1 is 1.35 bits per heavy atom. The maximum absolute atomic E-state index is 9.87. The molecule has 1 fully saturated rings. The van der Waals surface area contributed by atoms with Crippen molar-refractivity contribution in [3.63, 3.8) is 0 Å². The third-order valence-corrected chi connectivity index (χ3v) is 3.03. The molecule has 1 N–H and O–H groups in total. The second kappa shape index (κ2) is 5.68. The third-order valence-electron chi connectivity index (χ3n) is 3.03. The van der Waals surface area contributed by atoms with E-state index in [1.165, 1.54) is 0 Å². The largest absolute Gasteiger partial charge is 0.390 e. The molecule has 1 aromatic carbocycles. The quantitative estimate of drug-likeness (QED) is 0.492. The standard InChI is InChI=1S/C12H15N3O2/c13-15-14-10-6-7-11(12(10)16)17-8-9-4-2-1-3-5-9/h1-5,10-12,16H,6-8H2/t10-,11+,12+/m0/s1. The van der Waals surface area contributed by atoms with E-state index in [2.05, 4.69) is 10.0 Å². The van der Waals surface area contributed by atoms with Gasteiger partial charge >= 0.3 is 0 Å². The van der Waals surface area contributed by atoms with Gasteiger partial charge in [0.1, 0.15) is 0 Å². The molecule has 1 aliphatic rings. The molecule has 0 aliphatic heterocycles. The molecule has 0 bridgehead atoms. The second-order valence-corrected chi connectivity index (χ2v) is 4.18. The third kappa shape index (κ3) is 2.97. The summed E-state index contributed by atoms with van der Waals surface area (Å²) in [6.45, 7) is 0.478. The van der Waals surface area contributed by atoms with E-state index in [9.17, 15) is 5.11 Å². The molecule has 0 unspecified atom stereocenters. The molecule has 5 nitrogen and oxygen atoms in total. The van der Waals surface area contributed by atoms with E-state index in [0.29, 0.717) is 13.0 Å². The predicted molar refractivity (Wildman–Crippen MR) is 63.2 cm³/mol. The van der Waals surface area contributed by atoms with Crippen LogP contribution in [0.4, 0.5) is 0 Å². The highest BCUT2D eigenvalue weighted by Gasteiger charge is 2.34. The van der Waals surface area contributed by atoms with Gasteiger partial charge in [0.05, 0.1) is 24.9 Å². The maximum atomic E-state index is 9.87. The lowest BCUT2D eigenvalue weighted by atomic mass is 10.2. The summed E-state index contributed by atoms with van der Waals surface area (Å²) in [6, 6.07) is 9.46. The molecular weight excluding hydrogens is 218 g/mol. The van der Waals surface area contributed by atoms with Crippen LogP contribution in [0.15, 0.2) is 35.4 Å². The zero-order valence-electron chi connectivity index (χ0n) is 9.44. The smallest absolute Gasteiger partial charge is 0.0886 e. The Morgan fingerprint density at radius 2 is 2.12 bits per heavy atom. The lowest BCUT2D eigenvalue weighted by molar-refractivity contribution is -0.0312. The number of hydrogen-bond donors (Lipinski definition) is 1. The number of rotatable bonds is 4. The van der Waals surface area contributed by atoms with Crippen molar-refractivity contribution in [1.29, 1.82) is 0 Å². The van der Waals surface area contributed by atoms with Crippen molar-refractivity contribution >= 4 is 0 Å². The minimum absolute atomic E-state index is 0.231. The van der Waals surface area contributed by atoms with Gasteiger partial charge in [-0.05, 0) is 23.9 Å². The van der Waals surface area contributed by atoms with Crippen molar-refractivity contribution in [3.05, 3.63) is 46.3 Å². The van der Waals surface area contributed by atoms with Crippen LogP contribution in [0, 0.1) is 0 Å². The highest BCUT2D eigenvalue weighted by atomic mass is 16.5. The summed E-state index contributed by atoms with van der Waals surface area (Å²) in [6.07, 6.45) is 0.503. The first-order chi connectivity index (χ1) is 8.31. The Morgan fingerprint density at radius 3 is 2.82 bits per heavy atom. The van der Waals surface area contributed by atoms with E-state index in [-0.39, 0.29) is 12.1 Å². The Hall–Kier alpha value is -1.55. The van der Waals surface area contributed by atoms with Gasteiger partial charge in [-0.25, -0.2) is 0 Å². The summed E-state index contributed by atoms with van der Waals surface area (Å²) in [5, 5.41) is 13.4. The Labute approximate surface area is 99.7 Å². The number of aliphatic hydroxyl groups is 1. The highest BCUT2D eigenvalue weighted by molar-refractivity contribution is 5.13. The fourth-order valence-corrected chi connectivity index (χ4v) is 2.08. The van der Waals surface area contributed by atoms with Crippen molar-refractivity contribution < 1.29 is 9.84 Å². The second-order valence-electron chi connectivity index (χ2n) is 4.18. The van der Waals surface area contributed by atoms with E-state index in [1.807, 2.05) is 30.3 Å². The number of hydrogen-bond acceptors (Lipinski definition) is 3. The van der Waals surface area contributed by atoms with Crippen LogP contribution < -0.4 is 0 Å². The number of azide groups is 1. The summed E-state index contributed by atoms with van der Waals surface area (Å²) in [4.78, 5) is 2.73. The molecule has 1 aromatic rings. The monoisotopic (exact) mass is 233 g/mol. The molecule has 0 radical (unpaired) electrons. The zero-order valence-corrected chi connectivity index (χ0v) is 9.44. The van der Waals surface area contributed by atoms with Gasteiger partial charge in [0, 0.05) is 4.91 Å². The Bertz CT molecular complexity index is 403. The Kier molecular flexibility index (Phi) is 3.98. The molecule has 3 atom stereocenters. The fraction of sp³-hybridized carbons (Fsp3) is 0.500. The van der Waals surface area contributed by atoms with Crippen molar-refractivity contribution in [1.82, 2.24) is 0 Å². The van der Waals surface area contributed by atoms with Crippen molar-refractivity contribution in [2.24, 2.45) is 5.11 Å². The Balaban J connectivity index is 1.87. The van der Waals surface area contributed by atoms with Crippen molar-refractivity contribution in [2.75, 3.05) is 0 Å². The fourth-order valence-electron chi connectivity index (χ4n) is 2.08. The van der Waals surface area contributed by atoms with Gasteiger partial charge in [0.2, 0.25) is 0 Å². The van der Waals surface area contributed by atoms with E-state index in [0.717, 1.165) is 12.0 Å². The first-order valence-corrected chi connectivity index (χ1v) is 5.69. The predicted octanol–water partition coefficient (Wildman–Crippen LogP) is 2.41. The van der Waals surface area contributed by atoms with Crippen molar-refractivity contribution in [2.45, 2.75) is 37.7 Å². The van der Waals surface area contributed by atoms with Crippen LogP contribution in [-0.2, 0) is 11.3 Å². The molecule has 0 aromatic heterocycles. The van der Waals surface area contributed by atoms with E-state index in [1.54, 1.807) is 0 Å². The molecule has 2 rings (SSSR count). The normalized spacial score (nSPS) is 27.7. The first kappa shape index (κ1) is 11.9. The minimum Gasteiger partial charge on any atom is -0.390 e. The van der Waals surface area contributed by atoms with Gasteiger partial charge in [0.15, 0.2) is 0 Å². The van der Waals surface area contributed by atoms with Crippen LogP contribution in [0.3, 0.4) is 0 Å². The maximum Gasteiger partial charge on any atom is 0.0886 e. The van der Waals surface area contributed by atoms with Crippen LogP contribution in [-0.4, -0.2) is 23.4 Å². The zero-order chi connectivity index (χ0) is 12.1. The topological polar surface area (TPSA) is 78.2 Å². The SMILES string of the molecule is [N-]=[N+]=N[C@H]1CC[C@@H](OCc2ccccc2)[C@@H]1O. The highest BCUT2D eigenvalue weighted by Crippen LogP contribution is 2.26. The number of ether oxygens (including phenoxy) is 1. The van der Waals surface area contributed by atoms with Gasteiger partial charge in [0.25, 0.3) is 0 Å². The minimum atomic E-state index is -0.686. The molecule has 0 amide bonds. The van der Waals surface area contributed by atoms with Gasteiger partial charge in [-0.1, -0.05) is 35.4 Å². The van der Waals surface area contributed by atoms with Gasteiger partial charge in [-0.15, -0.1) is 0 Å². The number of nitrogens with zero attached hydrogens (tertiary/aromatic N) is 3. The average molecular weight is 233 g/mol. The van der Waals surface area contributed by atoms with E-state index < -0.39 is 6.10 Å². The molecule has 1 saturated carbocycles. The summed E-state index contributed by atoms with van der Waals surface area (Å²) in [7, 11) is 0. The lowest BCUT2D eigenvalue weighted by Gasteiger charge is -2.17. The number of aliphatic hydroxyl groups excluding tert-OH is 1. The molecule has 5 heteroatoms. The molecule has 1 aliphatic carbocycles. The van der Waals surface area contributed by atoms with Crippen LogP contribution in [0.5, 0.6) is 0 Å². The van der Waals surface area contributed by atoms with E-state index in [4.69, 9.17) is 10.3 Å². The van der Waals surface area contributed by atoms with Crippen LogP contribution in [0.1, 0.15) is 18.4 Å². The first-order valence-electron chi connectivity index (χ1n) is 5.69. The molecule has 0 saturated heterocycles. The van der Waals surface area contributed by atoms with E-state index >= 15 is 0 Å². The average Bonchev–Trinajstić information content (AvgIpc) is 2.70. The van der Waals surface area contributed by atoms with Gasteiger partial charge in [-0.2, -0.15) is 0 Å². The molecule has 17 heavy (non-hydrogen) atoms. The van der Waals surface area contributed by atoms with Crippen LogP contribution in [0.2, 0.25) is 0 Å². The summed E-state index contributed by atoms with van der Waals surface area (Å²) in [5.74, 6) is 0. The molecular formula is C12H15N3O2. The van der Waals surface area contributed by atoms with Gasteiger partial charge in [-0.3, -0.25) is 0 Å². The van der Waals surface area contributed by atoms with Crippen molar-refractivity contribution in [3.8, 4) is 0 Å². The molecule has 0 spiro atoms.